The second-order valence-corrected chi connectivity index (χ2v) is 5.79. The van der Waals surface area contributed by atoms with Gasteiger partial charge in [-0.2, -0.15) is 0 Å². The van der Waals surface area contributed by atoms with Gasteiger partial charge in [0.15, 0.2) is 0 Å². The number of rotatable bonds is 8. The van der Waals surface area contributed by atoms with Crippen molar-refractivity contribution in [1.82, 2.24) is 4.72 Å². The fraction of sp³-hybridized carbons (Fsp3) is 1.00. The van der Waals surface area contributed by atoms with E-state index in [1.165, 1.54) is 0 Å². The van der Waals surface area contributed by atoms with E-state index in [2.05, 4.69) is 4.72 Å². The Hall–Kier alpha value is -0.170. The zero-order chi connectivity index (χ0) is 11.3. The van der Waals surface area contributed by atoms with Crippen molar-refractivity contribution < 1.29 is 13.2 Å². The van der Waals surface area contributed by atoms with E-state index in [1.807, 2.05) is 6.92 Å². The molecule has 0 aromatic heterocycles. The average molecular weight is 236 g/mol. The monoisotopic (exact) mass is 236 g/mol. The summed E-state index contributed by atoms with van der Waals surface area (Å²) < 4.78 is 30.3. The van der Waals surface area contributed by atoms with Crippen LogP contribution in [0.3, 0.4) is 0 Å². The van der Waals surface area contributed by atoms with Crippen molar-refractivity contribution in [3.63, 3.8) is 0 Å². The first-order valence-electron chi connectivity index (χ1n) is 5.36. The van der Waals surface area contributed by atoms with Crippen LogP contribution in [-0.2, 0) is 14.8 Å². The highest BCUT2D eigenvalue weighted by Crippen LogP contribution is 2.31. The lowest BCUT2D eigenvalue weighted by Crippen LogP contribution is -2.40. The first-order chi connectivity index (χ1) is 7.05. The average Bonchev–Trinajstić information content (AvgIpc) is 2.98. The zero-order valence-corrected chi connectivity index (χ0v) is 9.92. The molecule has 0 aromatic rings. The Balaban J connectivity index is 2.16. The number of hydrogen-bond acceptors (Lipinski definition) is 4. The number of hydrogen-bond donors (Lipinski definition) is 2. The Morgan fingerprint density at radius 2 is 2.20 bits per heavy atom. The van der Waals surface area contributed by atoms with E-state index in [0.717, 1.165) is 12.8 Å². The Labute approximate surface area is 91.4 Å². The zero-order valence-electron chi connectivity index (χ0n) is 9.11. The van der Waals surface area contributed by atoms with Gasteiger partial charge in [-0.3, -0.25) is 0 Å². The molecule has 0 spiro atoms. The molecule has 5 nitrogen and oxygen atoms in total. The molecule has 0 aromatic carbocycles. The highest BCUT2D eigenvalue weighted by molar-refractivity contribution is 7.89. The van der Waals surface area contributed by atoms with Crippen LogP contribution in [0.25, 0.3) is 0 Å². The molecule has 1 rings (SSSR count). The third-order valence-corrected chi connectivity index (χ3v) is 3.78. The summed E-state index contributed by atoms with van der Waals surface area (Å²) in [5, 5.41) is 0. The topological polar surface area (TPSA) is 81.4 Å². The predicted octanol–water partition coefficient (Wildman–Crippen LogP) is -0.320. The molecule has 3 N–H and O–H groups in total. The summed E-state index contributed by atoms with van der Waals surface area (Å²) in [6.45, 7) is 2.96. The molecule has 6 heteroatoms. The van der Waals surface area contributed by atoms with E-state index in [1.54, 1.807) is 0 Å². The summed E-state index contributed by atoms with van der Waals surface area (Å²) >= 11 is 0. The molecular formula is C9H20N2O3S. The SMILES string of the molecule is CCOCCS(=O)(=O)NCC(N)C1CC1. The number of nitrogens with one attached hydrogen (secondary N) is 1. The summed E-state index contributed by atoms with van der Waals surface area (Å²) in [5.41, 5.74) is 5.78. The molecule has 0 heterocycles. The third-order valence-electron chi connectivity index (χ3n) is 2.47. The van der Waals surface area contributed by atoms with Crippen LogP contribution in [0.15, 0.2) is 0 Å². The fourth-order valence-electron chi connectivity index (χ4n) is 1.30. The van der Waals surface area contributed by atoms with Crippen LogP contribution < -0.4 is 10.5 Å². The smallest absolute Gasteiger partial charge is 0.213 e. The lowest BCUT2D eigenvalue weighted by atomic mass is 10.2. The van der Waals surface area contributed by atoms with Crippen LogP contribution in [0.2, 0.25) is 0 Å². The molecule has 1 aliphatic carbocycles. The van der Waals surface area contributed by atoms with Crippen LogP contribution in [0.5, 0.6) is 0 Å². The molecule has 1 fully saturated rings. The van der Waals surface area contributed by atoms with Gasteiger partial charge in [-0.05, 0) is 25.7 Å². The van der Waals surface area contributed by atoms with Gasteiger partial charge in [0.1, 0.15) is 0 Å². The van der Waals surface area contributed by atoms with Gasteiger partial charge in [-0.1, -0.05) is 0 Å². The Kier molecular flexibility index (Phi) is 4.98. The van der Waals surface area contributed by atoms with Crippen LogP contribution in [0.1, 0.15) is 19.8 Å². The normalized spacial score (nSPS) is 19.1. The fourth-order valence-corrected chi connectivity index (χ4v) is 2.23. The summed E-state index contributed by atoms with van der Waals surface area (Å²) in [6.07, 6.45) is 2.25. The number of nitrogens with two attached hydrogens (primary N) is 1. The third kappa shape index (κ3) is 5.46. The van der Waals surface area contributed by atoms with Crippen molar-refractivity contribution in [3.05, 3.63) is 0 Å². The van der Waals surface area contributed by atoms with E-state index >= 15 is 0 Å². The summed E-state index contributed by atoms with van der Waals surface area (Å²) in [6, 6.07) is -0.0353. The van der Waals surface area contributed by atoms with Gasteiger partial charge >= 0.3 is 0 Å². The molecule has 15 heavy (non-hydrogen) atoms. The van der Waals surface area contributed by atoms with Crippen LogP contribution in [-0.4, -0.2) is 40.0 Å². The molecule has 1 saturated carbocycles. The highest BCUT2D eigenvalue weighted by atomic mass is 32.2. The van der Waals surface area contributed by atoms with Crippen molar-refractivity contribution in [1.29, 1.82) is 0 Å². The van der Waals surface area contributed by atoms with E-state index in [4.69, 9.17) is 10.5 Å². The summed E-state index contributed by atoms with van der Waals surface area (Å²) in [7, 11) is -3.21. The Bertz CT molecular complexity index is 275. The van der Waals surface area contributed by atoms with Crippen molar-refractivity contribution in [2.45, 2.75) is 25.8 Å². The first-order valence-corrected chi connectivity index (χ1v) is 7.01. The first kappa shape index (κ1) is 12.9. The van der Waals surface area contributed by atoms with Crippen LogP contribution >= 0.6 is 0 Å². The molecule has 1 atom stereocenters. The lowest BCUT2D eigenvalue weighted by Gasteiger charge is -2.11. The predicted molar refractivity (Wildman–Crippen MR) is 59.0 cm³/mol. The van der Waals surface area contributed by atoms with Gasteiger partial charge in [0.25, 0.3) is 0 Å². The minimum Gasteiger partial charge on any atom is -0.381 e. The lowest BCUT2D eigenvalue weighted by molar-refractivity contribution is 0.163. The van der Waals surface area contributed by atoms with E-state index in [-0.39, 0.29) is 18.4 Å². The molecule has 0 bridgehead atoms. The Morgan fingerprint density at radius 1 is 1.53 bits per heavy atom. The quantitative estimate of drug-likeness (QED) is 0.566. The van der Waals surface area contributed by atoms with Crippen molar-refractivity contribution in [2.75, 3.05) is 25.5 Å². The van der Waals surface area contributed by atoms with Gasteiger partial charge in [0, 0.05) is 19.2 Å². The number of sulfonamides is 1. The highest BCUT2D eigenvalue weighted by Gasteiger charge is 2.28. The molecule has 1 aliphatic rings. The van der Waals surface area contributed by atoms with Gasteiger partial charge < -0.3 is 10.5 Å². The molecule has 0 amide bonds. The van der Waals surface area contributed by atoms with Crippen molar-refractivity contribution >= 4 is 10.0 Å². The van der Waals surface area contributed by atoms with Gasteiger partial charge in [-0.15, -0.1) is 0 Å². The second kappa shape index (κ2) is 5.79. The van der Waals surface area contributed by atoms with Crippen LogP contribution in [0.4, 0.5) is 0 Å². The van der Waals surface area contributed by atoms with Gasteiger partial charge in [0.05, 0.1) is 12.4 Å². The molecule has 0 aliphatic heterocycles. The van der Waals surface area contributed by atoms with E-state index in [9.17, 15) is 8.42 Å². The van der Waals surface area contributed by atoms with Gasteiger partial charge in [-0.25, -0.2) is 13.1 Å². The standard InChI is InChI=1S/C9H20N2O3S/c1-2-14-5-6-15(12,13)11-7-9(10)8-3-4-8/h8-9,11H,2-7,10H2,1H3. The minimum absolute atomic E-state index is 0.0121. The molecule has 1 unspecified atom stereocenters. The largest absolute Gasteiger partial charge is 0.381 e. The van der Waals surface area contributed by atoms with Crippen LogP contribution in [0, 0.1) is 5.92 Å². The molecular weight excluding hydrogens is 216 g/mol. The van der Waals surface area contributed by atoms with E-state index in [0.29, 0.717) is 19.1 Å². The van der Waals surface area contributed by atoms with Crippen molar-refractivity contribution in [3.8, 4) is 0 Å². The Morgan fingerprint density at radius 3 is 2.73 bits per heavy atom. The minimum atomic E-state index is -3.21. The summed E-state index contributed by atoms with van der Waals surface area (Å²) in [5.74, 6) is 0.526. The molecule has 0 radical (unpaired) electrons. The van der Waals surface area contributed by atoms with Crippen molar-refractivity contribution in [2.24, 2.45) is 11.7 Å². The second-order valence-electron chi connectivity index (χ2n) is 3.87. The van der Waals surface area contributed by atoms with Gasteiger partial charge in [0.2, 0.25) is 10.0 Å². The summed E-state index contributed by atoms with van der Waals surface area (Å²) in [4.78, 5) is 0. The molecule has 0 saturated heterocycles. The molecule has 90 valence electrons. The maximum Gasteiger partial charge on any atom is 0.213 e. The number of ether oxygens (including phenoxy) is 1. The maximum atomic E-state index is 11.4. The van der Waals surface area contributed by atoms with E-state index < -0.39 is 10.0 Å². The maximum absolute atomic E-state index is 11.4.